The van der Waals surface area contributed by atoms with Gasteiger partial charge < -0.3 is 28.7 Å². The maximum atomic E-state index is 12.7. The highest BCUT2D eigenvalue weighted by molar-refractivity contribution is 7.86. The van der Waals surface area contributed by atoms with Gasteiger partial charge >= 0.3 is 24.1 Å². The van der Waals surface area contributed by atoms with Crippen LogP contribution in [-0.4, -0.2) is 104 Å². The number of carbonyl (C=O) groups is 4. The predicted molar refractivity (Wildman–Crippen MR) is 152 cm³/mol. The third-order valence-corrected chi connectivity index (χ3v) is 8.68. The maximum Gasteiger partial charge on any atom is 0.410 e. The molecule has 0 atom stereocenters. The van der Waals surface area contributed by atoms with Gasteiger partial charge in [-0.15, -0.1) is 0 Å². The van der Waals surface area contributed by atoms with Gasteiger partial charge in [-0.3, -0.25) is 13.8 Å². The largest absolute Gasteiger partial charge is 0.466 e. The normalized spacial score (nSPS) is 17.5. The van der Waals surface area contributed by atoms with Crippen LogP contribution in [0.15, 0.2) is 0 Å². The summed E-state index contributed by atoms with van der Waals surface area (Å²) in [6, 6.07) is 0. The van der Waals surface area contributed by atoms with Crippen LogP contribution in [-0.2, 0) is 42.8 Å². The number of amides is 2. The molecule has 0 N–H and O–H groups in total. The van der Waals surface area contributed by atoms with Crippen LogP contribution in [0.4, 0.5) is 9.59 Å². The van der Waals surface area contributed by atoms with Gasteiger partial charge in [-0.25, -0.2) is 9.59 Å². The summed E-state index contributed by atoms with van der Waals surface area (Å²) in [6.07, 6.45) is 0.563. The number of hydrogen-bond donors (Lipinski definition) is 0. The summed E-state index contributed by atoms with van der Waals surface area (Å²) in [6.45, 7) is 12.3. The van der Waals surface area contributed by atoms with Crippen LogP contribution in [0.3, 0.4) is 0 Å². The Kier molecular flexibility index (Phi) is 13.3. The third kappa shape index (κ3) is 12.7. The highest BCUT2D eigenvalue weighted by atomic mass is 32.2. The molecule has 0 saturated carbocycles. The van der Waals surface area contributed by atoms with Crippen LogP contribution in [0.2, 0.25) is 0 Å². The molecular formula is C28H48N2O11S. The zero-order valence-corrected chi connectivity index (χ0v) is 26.7. The molecule has 2 amide bonds. The molecule has 0 spiro atoms. The van der Waals surface area contributed by atoms with Gasteiger partial charge in [0.25, 0.3) is 10.1 Å². The van der Waals surface area contributed by atoms with Crippen molar-refractivity contribution >= 4 is 34.2 Å². The number of nitrogens with zero attached hydrogens (tertiary/aromatic N) is 2. The number of hydrogen-bond acceptors (Lipinski definition) is 11. The minimum absolute atomic E-state index is 0.185. The standard InChI is InChI=1S/C28H48N2O11S/c1-7-27(3,4)39-25(33)30-17-12-22(13-18-30)41-42(35,36)19-9-14-28(5,6)40-26(34)29-15-10-21(11-16-29)38-24(32)20-23(31)37-8-2/h21-22H,7-20H2,1-6H3. The zero-order chi connectivity index (χ0) is 31.6. The van der Waals surface area contributed by atoms with E-state index in [4.69, 9.17) is 23.1 Å². The molecule has 2 heterocycles. The first-order valence-electron chi connectivity index (χ1n) is 14.8. The quantitative estimate of drug-likeness (QED) is 0.128. The average molecular weight is 621 g/mol. The molecule has 0 aromatic carbocycles. The summed E-state index contributed by atoms with van der Waals surface area (Å²) in [4.78, 5) is 51.4. The van der Waals surface area contributed by atoms with Crippen molar-refractivity contribution in [2.45, 2.75) is 116 Å². The topological polar surface area (TPSA) is 155 Å². The maximum absolute atomic E-state index is 12.7. The van der Waals surface area contributed by atoms with E-state index in [9.17, 15) is 27.6 Å². The van der Waals surface area contributed by atoms with Gasteiger partial charge in [0, 0.05) is 39.0 Å². The van der Waals surface area contributed by atoms with Crippen molar-refractivity contribution in [2.24, 2.45) is 0 Å². The molecule has 2 rings (SSSR count). The Balaban J connectivity index is 1.68. The van der Waals surface area contributed by atoms with Gasteiger partial charge in [-0.2, -0.15) is 8.42 Å². The second kappa shape index (κ2) is 15.7. The van der Waals surface area contributed by atoms with Gasteiger partial charge in [0.05, 0.1) is 18.5 Å². The average Bonchev–Trinajstić information content (AvgIpc) is 2.88. The Bertz CT molecular complexity index is 1030. The van der Waals surface area contributed by atoms with E-state index in [1.165, 1.54) is 4.90 Å². The summed E-state index contributed by atoms with van der Waals surface area (Å²) in [5.41, 5.74) is -1.47. The van der Waals surface area contributed by atoms with Crippen molar-refractivity contribution in [3.63, 3.8) is 0 Å². The van der Waals surface area contributed by atoms with E-state index in [1.54, 1.807) is 25.7 Å². The molecule has 13 nitrogen and oxygen atoms in total. The van der Waals surface area contributed by atoms with E-state index in [-0.39, 0.29) is 18.8 Å². The second-order valence-electron chi connectivity index (χ2n) is 11.9. The highest BCUT2D eigenvalue weighted by Crippen LogP contribution is 2.24. The monoisotopic (exact) mass is 620 g/mol. The molecule has 2 saturated heterocycles. The number of piperidine rings is 2. The molecule has 0 aliphatic carbocycles. The lowest BCUT2D eigenvalue weighted by atomic mass is 10.0. The van der Waals surface area contributed by atoms with Crippen LogP contribution in [0.5, 0.6) is 0 Å². The van der Waals surface area contributed by atoms with Crippen LogP contribution >= 0.6 is 0 Å². The molecule has 0 unspecified atom stereocenters. The summed E-state index contributed by atoms with van der Waals surface area (Å²) in [5.74, 6) is -1.51. The first-order valence-corrected chi connectivity index (χ1v) is 16.3. The smallest absolute Gasteiger partial charge is 0.410 e. The Morgan fingerprint density at radius 2 is 1.26 bits per heavy atom. The number of carbonyl (C=O) groups excluding carboxylic acids is 4. The van der Waals surface area contributed by atoms with Crippen molar-refractivity contribution < 1.29 is 50.7 Å². The van der Waals surface area contributed by atoms with Crippen LogP contribution in [0.1, 0.15) is 92.9 Å². The molecular weight excluding hydrogens is 572 g/mol. The zero-order valence-electron chi connectivity index (χ0n) is 25.8. The lowest BCUT2D eigenvalue weighted by Gasteiger charge is -2.34. The van der Waals surface area contributed by atoms with Crippen molar-refractivity contribution in [2.75, 3.05) is 38.5 Å². The van der Waals surface area contributed by atoms with Crippen LogP contribution < -0.4 is 0 Å². The highest BCUT2D eigenvalue weighted by Gasteiger charge is 2.33. The number of likely N-dealkylation sites (tertiary alicyclic amines) is 2. The van der Waals surface area contributed by atoms with E-state index < -0.39 is 64.1 Å². The fourth-order valence-corrected chi connectivity index (χ4v) is 5.70. The molecule has 14 heteroatoms. The Labute approximate surface area is 249 Å². The van der Waals surface area contributed by atoms with E-state index in [0.717, 1.165) is 0 Å². The van der Waals surface area contributed by atoms with Gasteiger partial charge in [-0.1, -0.05) is 6.92 Å². The third-order valence-electron chi connectivity index (χ3n) is 7.33. The van der Waals surface area contributed by atoms with Crippen molar-refractivity contribution in [3.8, 4) is 0 Å². The number of rotatable bonds is 13. The van der Waals surface area contributed by atoms with E-state index in [1.807, 2.05) is 20.8 Å². The van der Waals surface area contributed by atoms with Gasteiger partial charge in [-0.05, 0) is 66.7 Å². The molecule has 242 valence electrons. The van der Waals surface area contributed by atoms with E-state index in [0.29, 0.717) is 64.7 Å². The van der Waals surface area contributed by atoms with Gasteiger partial charge in [0.2, 0.25) is 0 Å². The number of esters is 2. The molecule has 0 radical (unpaired) electrons. The molecule has 42 heavy (non-hydrogen) atoms. The van der Waals surface area contributed by atoms with E-state index >= 15 is 0 Å². The fraction of sp³-hybridized carbons (Fsp3) is 0.857. The molecule has 2 aliphatic heterocycles. The van der Waals surface area contributed by atoms with Gasteiger partial charge in [0.1, 0.15) is 23.7 Å². The molecule has 2 fully saturated rings. The van der Waals surface area contributed by atoms with E-state index in [2.05, 4.69) is 0 Å². The minimum Gasteiger partial charge on any atom is -0.466 e. The van der Waals surface area contributed by atoms with Crippen LogP contribution in [0, 0.1) is 0 Å². The molecule has 0 aromatic heterocycles. The Morgan fingerprint density at radius 1 is 0.762 bits per heavy atom. The van der Waals surface area contributed by atoms with Crippen LogP contribution in [0.25, 0.3) is 0 Å². The first-order chi connectivity index (χ1) is 19.5. The lowest BCUT2D eigenvalue weighted by molar-refractivity contribution is -0.158. The van der Waals surface area contributed by atoms with Crippen molar-refractivity contribution in [1.82, 2.24) is 9.80 Å². The number of ether oxygens (including phenoxy) is 4. The lowest BCUT2D eigenvalue weighted by Crippen LogP contribution is -2.44. The minimum atomic E-state index is -3.81. The van der Waals surface area contributed by atoms with Gasteiger partial charge in [0.15, 0.2) is 0 Å². The molecule has 0 bridgehead atoms. The Morgan fingerprint density at radius 3 is 1.76 bits per heavy atom. The molecule has 0 aromatic rings. The first kappa shape index (κ1) is 35.6. The van der Waals surface area contributed by atoms with Crippen molar-refractivity contribution in [1.29, 1.82) is 0 Å². The summed E-state index contributed by atoms with van der Waals surface area (Å²) in [7, 11) is -3.81. The van der Waals surface area contributed by atoms with Crippen molar-refractivity contribution in [3.05, 3.63) is 0 Å². The summed E-state index contributed by atoms with van der Waals surface area (Å²) in [5, 5.41) is 0. The SMILES string of the molecule is CCOC(=O)CC(=O)OC1CCN(C(=O)OC(C)(C)CCCS(=O)(=O)OC2CCN(C(=O)OC(C)(C)CC)CC2)CC1. The summed E-state index contributed by atoms with van der Waals surface area (Å²) >= 11 is 0. The summed E-state index contributed by atoms with van der Waals surface area (Å²) < 4.78 is 51.8. The second-order valence-corrected chi connectivity index (χ2v) is 13.6. The predicted octanol–water partition coefficient (Wildman–Crippen LogP) is 3.78. The molecule has 2 aliphatic rings. The Hall–Kier alpha value is -2.61. The fourth-order valence-electron chi connectivity index (χ4n) is 4.50.